The van der Waals surface area contributed by atoms with E-state index in [9.17, 15) is 4.79 Å². The van der Waals surface area contributed by atoms with Crippen molar-refractivity contribution in [2.45, 2.75) is 6.10 Å². The van der Waals surface area contributed by atoms with Gasteiger partial charge in [-0.1, -0.05) is 48.5 Å². The van der Waals surface area contributed by atoms with Gasteiger partial charge in [0, 0.05) is 12.4 Å². The zero-order chi connectivity index (χ0) is 17.2. The van der Waals surface area contributed by atoms with Crippen LogP contribution in [0.15, 0.2) is 66.7 Å². The van der Waals surface area contributed by atoms with Gasteiger partial charge in [-0.25, -0.2) is 0 Å². The largest absolute Gasteiger partial charge is 0.490 e. The molecule has 1 amide bonds. The highest BCUT2D eigenvalue weighted by atomic mass is 16.6. The number of carbonyl (C=O) groups is 1. The summed E-state index contributed by atoms with van der Waals surface area (Å²) in [5.74, 6) is 0.499. The molecule has 0 spiro atoms. The molecule has 1 atom stereocenters. The fraction of sp³-hybridized carbons (Fsp3) is 0.190. The van der Waals surface area contributed by atoms with Gasteiger partial charge < -0.3 is 14.4 Å². The van der Waals surface area contributed by atoms with Gasteiger partial charge in [0.15, 0.2) is 0 Å². The Morgan fingerprint density at radius 2 is 1.80 bits per heavy atom. The van der Waals surface area contributed by atoms with Crippen LogP contribution >= 0.6 is 0 Å². The van der Waals surface area contributed by atoms with Crippen LogP contribution in [0.3, 0.4) is 0 Å². The van der Waals surface area contributed by atoms with Gasteiger partial charge in [0.05, 0.1) is 17.9 Å². The van der Waals surface area contributed by atoms with E-state index in [4.69, 9.17) is 9.47 Å². The lowest BCUT2D eigenvalue weighted by atomic mass is 10.1. The zero-order valence-corrected chi connectivity index (χ0v) is 14.0. The maximum atomic E-state index is 13.1. The van der Waals surface area contributed by atoms with Crippen molar-refractivity contribution in [3.8, 4) is 5.75 Å². The van der Waals surface area contributed by atoms with E-state index in [0.29, 0.717) is 17.9 Å². The Hall–Kier alpha value is -2.85. The predicted octanol–water partition coefficient (Wildman–Crippen LogP) is 3.89. The third kappa shape index (κ3) is 3.21. The van der Waals surface area contributed by atoms with Gasteiger partial charge in [0.1, 0.15) is 18.5 Å². The molecule has 1 heterocycles. The van der Waals surface area contributed by atoms with E-state index < -0.39 is 0 Å². The normalized spacial score (nSPS) is 15.8. The number of rotatable bonds is 5. The van der Waals surface area contributed by atoms with Gasteiger partial charge in [-0.05, 0) is 23.6 Å². The molecule has 1 aliphatic rings. The molecule has 4 rings (SSSR count). The van der Waals surface area contributed by atoms with E-state index in [0.717, 1.165) is 23.1 Å². The first-order valence-electron chi connectivity index (χ1n) is 8.33. The van der Waals surface area contributed by atoms with Gasteiger partial charge in [0.25, 0.3) is 5.91 Å². The highest BCUT2D eigenvalue weighted by Crippen LogP contribution is 2.29. The number of carbonyl (C=O) groups excluding carboxylic acids is 1. The van der Waals surface area contributed by atoms with Crippen molar-refractivity contribution in [1.29, 1.82) is 0 Å². The molecule has 1 fully saturated rings. The lowest BCUT2D eigenvalue weighted by Gasteiger charge is -2.21. The van der Waals surface area contributed by atoms with E-state index in [-0.39, 0.29) is 12.0 Å². The number of hydrogen-bond acceptors (Lipinski definition) is 3. The van der Waals surface area contributed by atoms with Crippen molar-refractivity contribution in [2.75, 3.05) is 25.2 Å². The fourth-order valence-corrected chi connectivity index (χ4v) is 2.91. The van der Waals surface area contributed by atoms with Crippen LogP contribution in [0.4, 0.5) is 5.69 Å². The number of anilines is 1. The maximum Gasteiger partial charge on any atom is 0.261 e. The molecule has 0 saturated carbocycles. The van der Waals surface area contributed by atoms with Gasteiger partial charge in [-0.15, -0.1) is 0 Å². The van der Waals surface area contributed by atoms with Gasteiger partial charge in [0.2, 0.25) is 0 Å². The molecule has 1 saturated heterocycles. The number of amides is 1. The van der Waals surface area contributed by atoms with E-state index in [2.05, 4.69) is 0 Å². The summed E-state index contributed by atoms with van der Waals surface area (Å²) in [5.41, 5.74) is 1.43. The van der Waals surface area contributed by atoms with Crippen molar-refractivity contribution in [2.24, 2.45) is 0 Å². The number of nitrogens with zero attached hydrogens (tertiary/aromatic N) is 1. The molecule has 0 bridgehead atoms. The number of benzene rings is 3. The van der Waals surface area contributed by atoms with Crippen molar-refractivity contribution in [3.63, 3.8) is 0 Å². The lowest BCUT2D eigenvalue weighted by molar-refractivity contribution is 0.0988. The molecule has 1 unspecified atom stereocenters. The van der Waals surface area contributed by atoms with Crippen LogP contribution in [0.25, 0.3) is 10.8 Å². The average molecular weight is 333 g/mol. The van der Waals surface area contributed by atoms with E-state index in [1.165, 1.54) is 0 Å². The van der Waals surface area contributed by atoms with Crippen LogP contribution in [-0.2, 0) is 4.74 Å². The quantitative estimate of drug-likeness (QED) is 0.665. The Balaban J connectivity index is 1.66. The molecule has 0 N–H and O–H groups in total. The van der Waals surface area contributed by atoms with E-state index in [1.807, 2.05) is 60.7 Å². The summed E-state index contributed by atoms with van der Waals surface area (Å²) in [7, 11) is 1.80. The standard InChI is InChI=1S/C21H19NO3/c1-22(19-11-6-8-15-7-2-3-9-17(15)19)21(23)18-10-4-5-12-20(18)25-14-16-13-24-16/h2-12,16H,13-14H2,1H3. The summed E-state index contributed by atoms with van der Waals surface area (Å²) in [5, 5.41) is 2.15. The summed E-state index contributed by atoms with van der Waals surface area (Å²) in [6, 6.07) is 21.4. The smallest absolute Gasteiger partial charge is 0.261 e. The minimum absolute atomic E-state index is 0.0938. The second kappa shape index (κ2) is 6.57. The molecule has 0 radical (unpaired) electrons. The molecule has 3 aromatic carbocycles. The number of hydrogen-bond donors (Lipinski definition) is 0. The van der Waals surface area contributed by atoms with Gasteiger partial charge >= 0.3 is 0 Å². The van der Waals surface area contributed by atoms with Gasteiger partial charge in [-0.3, -0.25) is 4.79 Å². The molecule has 0 aromatic heterocycles. The highest BCUT2D eigenvalue weighted by molar-refractivity contribution is 6.11. The molecule has 126 valence electrons. The second-order valence-electron chi connectivity index (χ2n) is 6.12. The molecule has 0 aliphatic carbocycles. The minimum Gasteiger partial charge on any atom is -0.490 e. The third-order valence-electron chi connectivity index (χ3n) is 4.38. The third-order valence-corrected chi connectivity index (χ3v) is 4.38. The summed E-state index contributed by atoms with van der Waals surface area (Å²) in [4.78, 5) is 14.8. The summed E-state index contributed by atoms with van der Waals surface area (Å²) in [6.45, 7) is 1.20. The molecule has 1 aliphatic heterocycles. The van der Waals surface area contributed by atoms with Crippen molar-refractivity contribution >= 4 is 22.4 Å². The SMILES string of the molecule is CN(C(=O)c1ccccc1OCC1CO1)c1cccc2ccccc12. The summed E-state index contributed by atoms with van der Waals surface area (Å²) < 4.78 is 11.0. The molecular formula is C21H19NO3. The number of fused-ring (bicyclic) bond motifs is 1. The lowest BCUT2D eigenvalue weighted by Crippen LogP contribution is -2.27. The molecule has 3 aromatic rings. The number of epoxide rings is 1. The first-order chi connectivity index (χ1) is 12.2. The van der Waals surface area contributed by atoms with E-state index in [1.54, 1.807) is 18.0 Å². The minimum atomic E-state index is -0.0938. The van der Waals surface area contributed by atoms with Crippen LogP contribution in [0.2, 0.25) is 0 Å². The van der Waals surface area contributed by atoms with Gasteiger partial charge in [-0.2, -0.15) is 0 Å². The average Bonchev–Trinajstić information content (AvgIpc) is 3.49. The van der Waals surface area contributed by atoms with Crippen LogP contribution in [0.1, 0.15) is 10.4 Å². The van der Waals surface area contributed by atoms with Crippen LogP contribution in [0.5, 0.6) is 5.75 Å². The predicted molar refractivity (Wildman–Crippen MR) is 98.4 cm³/mol. The zero-order valence-electron chi connectivity index (χ0n) is 14.0. The topological polar surface area (TPSA) is 42.1 Å². The maximum absolute atomic E-state index is 13.1. The Labute approximate surface area is 146 Å². The molecule has 25 heavy (non-hydrogen) atoms. The summed E-state index contributed by atoms with van der Waals surface area (Å²) >= 11 is 0. The Morgan fingerprint density at radius 1 is 1.08 bits per heavy atom. The van der Waals surface area contributed by atoms with Crippen molar-refractivity contribution < 1.29 is 14.3 Å². The number of ether oxygens (including phenoxy) is 2. The Bertz CT molecular complexity index is 912. The highest BCUT2D eigenvalue weighted by Gasteiger charge is 2.25. The van der Waals surface area contributed by atoms with Crippen LogP contribution < -0.4 is 9.64 Å². The van der Waals surface area contributed by atoms with Crippen molar-refractivity contribution in [3.05, 3.63) is 72.3 Å². The molecule has 4 nitrogen and oxygen atoms in total. The molecular weight excluding hydrogens is 314 g/mol. The van der Waals surface area contributed by atoms with E-state index >= 15 is 0 Å². The first kappa shape index (κ1) is 15.7. The van der Waals surface area contributed by atoms with Crippen molar-refractivity contribution in [1.82, 2.24) is 0 Å². The fourth-order valence-electron chi connectivity index (χ4n) is 2.91. The first-order valence-corrected chi connectivity index (χ1v) is 8.33. The Kier molecular flexibility index (Phi) is 4.12. The molecule has 4 heteroatoms. The van der Waals surface area contributed by atoms with Crippen LogP contribution in [0, 0.1) is 0 Å². The Morgan fingerprint density at radius 3 is 2.64 bits per heavy atom. The summed E-state index contributed by atoms with van der Waals surface area (Å²) in [6.07, 6.45) is 0.152. The second-order valence-corrected chi connectivity index (χ2v) is 6.12. The number of para-hydroxylation sites is 1. The van der Waals surface area contributed by atoms with Crippen LogP contribution in [-0.4, -0.2) is 32.3 Å². The monoisotopic (exact) mass is 333 g/mol.